The minimum Gasteiger partial charge on any atom is -0.465 e. The summed E-state index contributed by atoms with van der Waals surface area (Å²) in [6.07, 6.45) is -1.25. The number of ketones is 1. The molecule has 0 saturated heterocycles. The number of rotatable bonds is 3. The Labute approximate surface area is 111 Å². The van der Waals surface area contributed by atoms with E-state index in [1.54, 1.807) is 26.8 Å². The zero-order valence-corrected chi connectivity index (χ0v) is 11.5. The third-order valence-corrected chi connectivity index (χ3v) is 2.77. The van der Waals surface area contributed by atoms with Crippen molar-refractivity contribution in [3.8, 4) is 0 Å². The van der Waals surface area contributed by atoms with Gasteiger partial charge in [-0.05, 0) is 33.8 Å². The highest BCUT2D eigenvalue weighted by molar-refractivity contribution is 5.86. The molecule has 0 spiro atoms. The van der Waals surface area contributed by atoms with E-state index in [0.717, 1.165) is 4.90 Å². The predicted octanol–water partition coefficient (Wildman–Crippen LogP) is 3.23. The fourth-order valence-electron chi connectivity index (χ4n) is 2.02. The molecule has 1 unspecified atom stereocenters. The normalized spacial score (nSPS) is 12.9. The fraction of sp³-hybridized carbons (Fsp3) is 0.429. The van der Waals surface area contributed by atoms with E-state index in [2.05, 4.69) is 0 Å². The summed E-state index contributed by atoms with van der Waals surface area (Å²) < 4.78 is 13.8. The first-order valence-corrected chi connectivity index (χ1v) is 5.93. The lowest BCUT2D eigenvalue weighted by Gasteiger charge is -2.38. The summed E-state index contributed by atoms with van der Waals surface area (Å²) in [4.78, 5) is 24.2. The van der Waals surface area contributed by atoms with Crippen LogP contribution in [0.3, 0.4) is 0 Å². The second-order valence-corrected chi connectivity index (χ2v) is 5.36. The third kappa shape index (κ3) is 3.30. The molecule has 1 N–H and O–H groups in total. The summed E-state index contributed by atoms with van der Waals surface area (Å²) in [5, 5.41) is 9.33. The average Bonchev–Trinajstić information content (AvgIpc) is 2.24. The van der Waals surface area contributed by atoms with Crippen LogP contribution in [0.5, 0.6) is 0 Å². The van der Waals surface area contributed by atoms with Crippen LogP contribution in [-0.4, -0.2) is 27.4 Å². The summed E-state index contributed by atoms with van der Waals surface area (Å²) >= 11 is 0. The third-order valence-electron chi connectivity index (χ3n) is 2.77. The van der Waals surface area contributed by atoms with Crippen molar-refractivity contribution in [3.05, 3.63) is 35.6 Å². The van der Waals surface area contributed by atoms with E-state index in [0.29, 0.717) is 0 Å². The maximum Gasteiger partial charge on any atom is 0.408 e. The summed E-state index contributed by atoms with van der Waals surface area (Å²) in [7, 11) is 0. The van der Waals surface area contributed by atoms with Gasteiger partial charge in [-0.25, -0.2) is 9.18 Å². The topological polar surface area (TPSA) is 57.6 Å². The van der Waals surface area contributed by atoms with Crippen LogP contribution in [0.15, 0.2) is 24.3 Å². The number of nitrogens with zero attached hydrogens (tertiary/aromatic N) is 1. The van der Waals surface area contributed by atoms with Gasteiger partial charge in [-0.3, -0.25) is 9.69 Å². The first kappa shape index (κ1) is 15.1. The van der Waals surface area contributed by atoms with Gasteiger partial charge in [0.2, 0.25) is 0 Å². The number of carbonyl (C=O) groups excluding carboxylic acids is 1. The van der Waals surface area contributed by atoms with Crippen molar-refractivity contribution in [3.63, 3.8) is 0 Å². The molecule has 0 saturated carbocycles. The Morgan fingerprint density at radius 1 is 1.26 bits per heavy atom. The Kier molecular flexibility index (Phi) is 4.29. The SMILES string of the molecule is CC(=O)C(c1ccccc1F)N(C(=O)O)C(C)(C)C. The van der Waals surface area contributed by atoms with Gasteiger partial charge < -0.3 is 5.11 Å². The standard InChI is InChI=1S/C14H18FNO3/c1-9(17)12(10-7-5-6-8-11(10)15)16(13(18)19)14(2,3)4/h5-8,12H,1-4H3,(H,18,19). The van der Waals surface area contributed by atoms with Gasteiger partial charge in [0, 0.05) is 11.1 Å². The molecule has 0 aromatic heterocycles. The molecule has 0 radical (unpaired) electrons. The summed E-state index contributed by atoms with van der Waals surface area (Å²) in [5.74, 6) is -0.999. The van der Waals surface area contributed by atoms with Crippen LogP contribution in [0.1, 0.15) is 39.3 Å². The van der Waals surface area contributed by atoms with Crippen molar-refractivity contribution in [2.24, 2.45) is 0 Å². The first-order valence-electron chi connectivity index (χ1n) is 5.93. The number of hydrogen-bond acceptors (Lipinski definition) is 2. The van der Waals surface area contributed by atoms with E-state index >= 15 is 0 Å². The van der Waals surface area contributed by atoms with Gasteiger partial charge in [0.05, 0.1) is 0 Å². The quantitative estimate of drug-likeness (QED) is 0.914. The number of amides is 1. The first-order chi connectivity index (χ1) is 8.66. The van der Waals surface area contributed by atoms with Gasteiger partial charge in [0.1, 0.15) is 11.9 Å². The lowest BCUT2D eigenvalue weighted by atomic mass is 9.95. The minimum absolute atomic E-state index is 0.0762. The van der Waals surface area contributed by atoms with E-state index in [4.69, 9.17) is 0 Å². The molecule has 1 aromatic carbocycles. The van der Waals surface area contributed by atoms with Crippen LogP contribution >= 0.6 is 0 Å². The lowest BCUT2D eigenvalue weighted by Crippen LogP contribution is -2.49. The summed E-state index contributed by atoms with van der Waals surface area (Å²) in [5.41, 5.74) is -0.739. The average molecular weight is 267 g/mol. The van der Waals surface area contributed by atoms with Gasteiger partial charge in [-0.1, -0.05) is 18.2 Å². The van der Waals surface area contributed by atoms with Crippen LogP contribution in [-0.2, 0) is 4.79 Å². The van der Waals surface area contributed by atoms with Crippen molar-refractivity contribution in [2.75, 3.05) is 0 Å². The van der Waals surface area contributed by atoms with Crippen LogP contribution in [0.25, 0.3) is 0 Å². The highest BCUT2D eigenvalue weighted by atomic mass is 19.1. The second-order valence-electron chi connectivity index (χ2n) is 5.36. The molecule has 5 heteroatoms. The van der Waals surface area contributed by atoms with E-state index in [-0.39, 0.29) is 5.56 Å². The Hall–Kier alpha value is -1.91. The molecular formula is C14H18FNO3. The number of carboxylic acid groups (broad SMARTS) is 1. The fourth-order valence-corrected chi connectivity index (χ4v) is 2.02. The molecule has 0 fully saturated rings. The molecular weight excluding hydrogens is 249 g/mol. The summed E-state index contributed by atoms with van der Waals surface area (Å²) in [6, 6.07) is 4.59. The van der Waals surface area contributed by atoms with Crippen LogP contribution in [0.2, 0.25) is 0 Å². The number of hydrogen-bond donors (Lipinski definition) is 1. The maximum absolute atomic E-state index is 13.8. The maximum atomic E-state index is 13.8. The monoisotopic (exact) mass is 267 g/mol. The number of carbonyl (C=O) groups is 2. The zero-order valence-electron chi connectivity index (χ0n) is 11.5. The van der Waals surface area contributed by atoms with Crippen LogP contribution < -0.4 is 0 Å². The zero-order chi connectivity index (χ0) is 14.8. The highest BCUT2D eigenvalue weighted by Crippen LogP contribution is 2.30. The molecule has 104 valence electrons. The second kappa shape index (κ2) is 5.38. The number of benzene rings is 1. The summed E-state index contributed by atoms with van der Waals surface area (Å²) in [6.45, 7) is 6.26. The predicted molar refractivity (Wildman–Crippen MR) is 69.4 cm³/mol. The Bertz CT molecular complexity index is 494. The Balaban J connectivity index is 3.39. The highest BCUT2D eigenvalue weighted by Gasteiger charge is 2.37. The number of halogens is 1. The van der Waals surface area contributed by atoms with E-state index < -0.39 is 29.3 Å². The van der Waals surface area contributed by atoms with Gasteiger partial charge in [-0.15, -0.1) is 0 Å². The molecule has 0 heterocycles. The van der Waals surface area contributed by atoms with Crippen LogP contribution in [0.4, 0.5) is 9.18 Å². The van der Waals surface area contributed by atoms with E-state index in [1.165, 1.54) is 25.1 Å². The van der Waals surface area contributed by atoms with Crippen molar-refractivity contribution in [1.82, 2.24) is 4.90 Å². The van der Waals surface area contributed by atoms with Gasteiger partial charge in [0.25, 0.3) is 0 Å². The molecule has 4 nitrogen and oxygen atoms in total. The Morgan fingerprint density at radius 3 is 2.16 bits per heavy atom. The van der Waals surface area contributed by atoms with Gasteiger partial charge in [-0.2, -0.15) is 0 Å². The molecule has 1 rings (SSSR count). The Morgan fingerprint density at radius 2 is 1.79 bits per heavy atom. The van der Waals surface area contributed by atoms with Crippen molar-refractivity contribution < 1.29 is 19.1 Å². The number of Topliss-reactive ketones (excluding diaryl/α,β-unsaturated/α-hetero) is 1. The smallest absolute Gasteiger partial charge is 0.408 e. The van der Waals surface area contributed by atoms with Gasteiger partial charge >= 0.3 is 6.09 Å². The molecule has 1 atom stereocenters. The molecule has 0 bridgehead atoms. The van der Waals surface area contributed by atoms with Crippen LogP contribution in [0, 0.1) is 5.82 Å². The van der Waals surface area contributed by atoms with Crippen molar-refractivity contribution >= 4 is 11.9 Å². The molecule has 0 aliphatic carbocycles. The largest absolute Gasteiger partial charge is 0.465 e. The molecule has 19 heavy (non-hydrogen) atoms. The lowest BCUT2D eigenvalue weighted by molar-refractivity contribution is -0.123. The van der Waals surface area contributed by atoms with Crippen molar-refractivity contribution in [2.45, 2.75) is 39.3 Å². The van der Waals surface area contributed by atoms with Crippen molar-refractivity contribution in [1.29, 1.82) is 0 Å². The molecule has 0 aliphatic heterocycles. The minimum atomic E-state index is -1.25. The molecule has 1 aromatic rings. The van der Waals surface area contributed by atoms with Gasteiger partial charge in [0.15, 0.2) is 5.78 Å². The molecule has 1 amide bonds. The molecule has 0 aliphatic rings. The van der Waals surface area contributed by atoms with E-state index in [1.807, 2.05) is 0 Å². The van der Waals surface area contributed by atoms with E-state index in [9.17, 15) is 19.1 Å².